The molecule has 1 aliphatic heterocycles. The van der Waals surface area contributed by atoms with Gasteiger partial charge in [-0.1, -0.05) is 17.8 Å². The maximum absolute atomic E-state index is 13.1. The molecule has 2 aromatic heterocycles. The van der Waals surface area contributed by atoms with Gasteiger partial charge < -0.3 is 4.90 Å². The van der Waals surface area contributed by atoms with Crippen LogP contribution in [0.4, 0.5) is 0 Å². The Morgan fingerprint density at radius 3 is 2.77 bits per heavy atom. The summed E-state index contributed by atoms with van der Waals surface area (Å²) in [6, 6.07) is 0. The SMILES string of the molecule is C=CCn1c(SCC(=O)N2CCCC2)nc2sc3c(c2c1=O)CCCC3. The van der Waals surface area contributed by atoms with Gasteiger partial charge in [-0.3, -0.25) is 14.2 Å². The number of amides is 1. The van der Waals surface area contributed by atoms with Gasteiger partial charge in [0.2, 0.25) is 5.91 Å². The molecule has 2 aromatic rings. The lowest BCUT2D eigenvalue weighted by Gasteiger charge is -2.16. The standard InChI is InChI=1S/C19H23N3O2S2/c1-2-9-22-18(24)16-13-7-3-4-8-14(13)26-17(16)20-19(22)25-12-15(23)21-10-5-6-11-21/h2H,1,3-12H2. The lowest BCUT2D eigenvalue weighted by Crippen LogP contribution is -2.30. The minimum absolute atomic E-state index is 0.0189. The maximum atomic E-state index is 13.1. The van der Waals surface area contributed by atoms with Crippen molar-refractivity contribution in [3.8, 4) is 0 Å². The van der Waals surface area contributed by atoms with Gasteiger partial charge >= 0.3 is 0 Å². The number of thiophene rings is 1. The normalized spacial score (nSPS) is 16.8. The molecule has 1 aliphatic carbocycles. The van der Waals surface area contributed by atoms with E-state index < -0.39 is 0 Å². The van der Waals surface area contributed by atoms with Gasteiger partial charge in [0.25, 0.3) is 5.56 Å². The van der Waals surface area contributed by atoms with Gasteiger partial charge in [-0.2, -0.15) is 0 Å². The number of fused-ring (bicyclic) bond motifs is 3. The number of likely N-dealkylation sites (tertiary alicyclic amines) is 1. The number of aromatic nitrogens is 2. The molecule has 1 saturated heterocycles. The number of aryl methyl sites for hydroxylation is 2. The fraction of sp³-hybridized carbons (Fsp3) is 0.526. The molecule has 0 atom stereocenters. The summed E-state index contributed by atoms with van der Waals surface area (Å²) in [7, 11) is 0. The topological polar surface area (TPSA) is 55.2 Å². The molecule has 0 bridgehead atoms. The van der Waals surface area contributed by atoms with Crippen LogP contribution in [-0.4, -0.2) is 39.2 Å². The third-order valence-corrected chi connectivity index (χ3v) is 7.28. The first-order valence-electron chi connectivity index (χ1n) is 9.25. The predicted octanol–water partition coefficient (Wildman–Crippen LogP) is 3.24. The van der Waals surface area contributed by atoms with E-state index in [0.29, 0.717) is 17.5 Å². The summed E-state index contributed by atoms with van der Waals surface area (Å²) in [5.74, 6) is 0.470. The zero-order valence-corrected chi connectivity index (χ0v) is 16.5. The molecule has 26 heavy (non-hydrogen) atoms. The van der Waals surface area contributed by atoms with Gasteiger partial charge in [0.15, 0.2) is 5.16 Å². The summed E-state index contributed by atoms with van der Waals surface area (Å²) < 4.78 is 1.68. The molecule has 0 saturated carbocycles. The Kier molecular flexibility index (Phi) is 5.18. The molecule has 3 heterocycles. The zero-order chi connectivity index (χ0) is 18.1. The second-order valence-corrected chi connectivity index (χ2v) is 8.89. The number of thioether (sulfide) groups is 1. The second kappa shape index (κ2) is 7.56. The van der Waals surface area contributed by atoms with Crippen molar-refractivity contribution in [1.82, 2.24) is 14.5 Å². The van der Waals surface area contributed by atoms with Crippen LogP contribution < -0.4 is 5.56 Å². The highest BCUT2D eigenvalue weighted by Gasteiger charge is 2.23. The first-order chi connectivity index (χ1) is 12.7. The summed E-state index contributed by atoms with van der Waals surface area (Å²) in [4.78, 5) is 34.4. The van der Waals surface area contributed by atoms with E-state index in [9.17, 15) is 9.59 Å². The highest BCUT2D eigenvalue weighted by molar-refractivity contribution is 7.99. The molecule has 0 unspecified atom stereocenters. The minimum atomic E-state index is 0.0189. The summed E-state index contributed by atoms with van der Waals surface area (Å²) in [6.45, 7) is 5.91. The first-order valence-corrected chi connectivity index (χ1v) is 11.1. The lowest BCUT2D eigenvalue weighted by atomic mass is 9.97. The number of rotatable bonds is 5. The van der Waals surface area contributed by atoms with E-state index >= 15 is 0 Å². The summed E-state index contributed by atoms with van der Waals surface area (Å²) in [5, 5.41) is 1.43. The average Bonchev–Trinajstić information content (AvgIpc) is 3.29. The third-order valence-electron chi connectivity index (χ3n) is 5.14. The molecule has 1 fully saturated rings. The van der Waals surface area contributed by atoms with Crippen LogP contribution in [0.3, 0.4) is 0 Å². The van der Waals surface area contributed by atoms with Crippen molar-refractivity contribution < 1.29 is 4.79 Å². The largest absolute Gasteiger partial charge is 0.342 e. The van der Waals surface area contributed by atoms with E-state index in [1.165, 1.54) is 28.6 Å². The number of carbonyl (C=O) groups excluding carboxylic acids is 1. The van der Waals surface area contributed by atoms with Crippen molar-refractivity contribution in [1.29, 1.82) is 0 Å². The van der Waals surface area contributed by atoms with Crippen molar-refractivity contribution in [2.45, 2.75) is 50.2 Å². The Morgan fingerprint density at radius 1 is 1.23 bits per heavy atom. The van der Waals surface area contributed by atoms with Gasteiger partial charge in [0.1, 0.15) is 4.83 Å². The fourth-order valence-electron chi connectivity index (χ4n) is 3.80. The quantitative estimate of drug-likeness (QED) is 0.448. The maximum Gasteiger partial charge on any atom is 0.263 e. The molecule has 5 nitrogen and oxygen atoms in total. The number of carbonyl (C=O) groups is 1. The van der Waals surface area contributed by atoms with Gasteiger partial charge in [0, 0.05) is 24.5 Å². The van der Waals surface area contributed by atoms with Crippen LogP contribution in [0.5, 0.6) is 0 Å². The smallest absolute Gasteiger partial charge is 0.263 e. The van der Waals surface area contributed by atoms with Crippen molar-refractivity contribution in [2.75, 3.05) is 18.8 Å². The molecule has 138 valence electrons. The molecule has 1 amide bonds. The molecule has 0 N–H and O–H groups in total. The van der Waals surface area contributed by atoms with Gasteiger partial charge in [-0.15, -0.1) is 17.9 Å². The van der Waals surface area contributed by atoms with E-state index in [0.717, 1.165) is 55.4 Å². The number of hydrogen-bond donors (Lipinski definition) is 0. The predicted molar refractivity (Wildman–Crippen MR) is 107 cm³/mol. The highest BCUT2D eigenvalue weighted by Crippen LogP contribution is 2.34. The van der Waals surface area contributed by atoms with E-state index in [4.69, 9.17) is 4.98 Å². The minimum Gasteiger partial charge on any atom is -0.342 e. The van der Waals surface area contributed by atoms with Gasteiger partial charge in [0.05, 0.1) is 11.1 Å². The van der Waals surface area contributed by atoms with Crippen LogP contribution >= 0.6 is 23.1 Å². The lowest BCUT2D eigenvalue weighted by molar-refractivity contribution is -0.127. The van der Waals surface area contributed by atoms with Crippen LogP contribution in [0.2, 0.25) is 0 Å². The van der Waals surface area contributed by atoms with E-state index in [1.54, 1.807) is 22.0 Å². The molecular formula is C19H23N3O2S2. The Labute approximate surface area is 161 Å². The van der Waals surface area contributed by atoms with Crippen LogP contribution in [-0.2, 0) is 24.2 Å². The van der Waals surface area contributed by atoms with Crippen LogP contribution in [0.15, 0.2) is 22.6 Å². The summed E-state index contributed by atoms with van der Waals surface area (Å²) in [5.41, 5.74) is 1.22. The van der Waals surface area contributed by atoms with Crippen molar-refractivity contribution >= 4 is 39.2 Å². The number of nitrogens with zero attached hydrogens (tertiary/aromatic N) is 3. The Morgan fingerprint density at radius 2 is 2.00 bits per heavy atom. The van der Waals surface area contributed by atoms with Crippen LogP contribution in [0, 0.1) is 0 Å². The Bertz CT molecular complexity index is 910. The molecule has 0 radical (unpaired) electrons. The summed E-state index contributed by atoms with van der Waals surface area (Å²) in [6.07, 6.45) is 8.24. The highest BCUT2D eigenvalue weighted by atomic mass is 32.2. The van der Waals surface area contributed by atoms with Crippen LogP contribution in [0.25, 0.3) is 10.2 Å². The second-order valence-electron chi connectivity index (χ2n) is 6.87. The molecule has 0 aromatic carbocycles. The molecular weight excluding hydrogens is 366 g/mol. The van der Waals surface area contributed by atoms with Crippen LogP contribution in [0.1, 0.15) is 36.1 Å². The molecule has 2 aliphatic rings. The van der Waals surface area contributed by atoms with E-state index in [-0.39, 0.29) is 11.5 Å². The monoisotopic (exact) mass is 389 g/mol. The van der Waals surface area contributed by atoms with Crippen molar-refractivity contribution in [3.63, 3.8) is 0 Å². The van der Waals surface area contributed by atoms with E-state index in [1.807, 2.05) is 4.90 Å². The molecule has 0 spiro atoms. The average molecular weight is 390 g/mol. The first kappa shape index (κ1) is 17.8. The number of hydrogen-bond acceptors (Lipinski definition) is 5. The summed E-state index contributed by atoms with van der Waals surface area (Å²) >= 11 is 3.03. The Hall–Kier alpha value is -1.60. The fourth-order valence-corrected chi connectivity index (χ4v) is 6.02. The molecule has 7 heteroatoms. The third kappa shape index (κ3) is 3.22. The van der Waals surface area contributed by atoms with E-state index in [2.05, 4.69) is 6.58 Å². The van der Waals surface area contributed by atoms with Crippen molar-refractivity contribution in [3.05, 3.63) is 33.4 Å². The van der Waals surface area contributed by atoms with Gasteiger partial charge in [-0.25, -0.2) is 4.98 Å². The Balaban J connectivity index is 1.68. The molecule has 4 rings (SSSR count). The zero-order valence-electron chi connectivity index (χ0n) is 14.8. The van der Waals surface area contributed by atoms with Crippen molar-refractivity contribution in [2.24, 2.45) is 0 Å². The van der Waals surface area contributed by atoms with Gasteiger partial charge in [-0.05, 0) is 44.1 Å². The number of allylic oxidation sites excluding steroid dienone is 1.